The zero-order chi connectivity index (χ0) is 14.7. The summed E-state index contributed by atoms with van der Waals surface area (Å²) in [6.45, 7) is -0.0824. The average Bonchev–Trinajstić information content (AvgIpc) is 2.41. The van der Waals surface area contributed by atoms with Crippen LogP contribution in [0.1, 0.15) is 5.56 Å². The van der Waals surface area contributed by atoms with Gasteiger partial charge in [0.2, 0.25) is 0 Å². The van der Waals surface area contributed by atoms with Crippen LogP contribution in [0.15, 0.2) is 41.5 Å². The Labute approximate surface area is 111 Å². The van der Waals surface area contributed by atoms with Crippen LogP contribution in [0.3, 0.4) is 0 Å². The van der Waals surface area contributed by atoms with E-state index in [1.807, 2.05) is 0 Å². The summed E-state index contributed by atoms with van der Waals surface area (Å²) in [5, 5.41) is 21.6. The molecular formula is C11H8N4O5. The number of aromatic nitrogens is 2. The van der Waals surface area contributed by atoms with Crippen molar-refractivity contribution in [1.29, 1.82) is 0 Å². The second kappa shape index (κ2) is 5.26. The average molecular weight is 276 g/mol. The second-order valence-corrected chi connectivity index (χ2v) is 3.86. The van der Waals surface area contributed by atoms with Gasteiger partial charge in [-0.3, -0.25) is 24.8 Å². The first-order chi connectivity index (χ1) is 9.49. The fourth-order valence-corrected chi connectivity index (χ4v) is 1.66. The highest BCUT2D eigenvalue weighted by Crippen LogP contribution is 2.24. The zero-order valence-corrected chi connectivity index (χ0v) is 10.0. The lowest BCUT2D eigenvalue weighted by Crippen LogP contribution is -2.22. The minimum atomic E-state index is -0.719. The minimum Gasteiger partial charge on any atom is -0.294 e. The maximum absolute atomic E-state index is 11.5. The Hall–Kier alpha value is -3.10. The van der Waals surface area contributed by atoms with Gasteiger partial charge in [-0.05, 0) is 12.1 Å². The standard InChI is InChI=1S/C11H8N4O5/c16-11-12-4-1-5-13(11)7-8-2-3-9(14(17)18)6-10(8)15(19)20/h1-6H,7H2. The van der Waals surface area contributed by atoms with Crippen molar-refractivity contribution < 1.29 is 9.85 Å². The molecule has 0 bridgehead atoms. The molecule has 0 saturated carbocycles. The highest BCUT2D eigenvalue weighted by Gasteiger charge is 2.19. The van der Waals surface area contributed by atoms with E-state index >= 15 is 0 Å². The van der Waals surface area contributed by atoms with E-state index in [4.69, 9.17) is 0 Å². The van der Waals surface area contributed by atoms with E-state index in [2.05, 4.69) is 4.98 Å². The highest BCUT2D eigenvalue weighted by molar-refractivity contribution is 5.49. The molecule has 2 aromatic rings. The van der Waals surface area contributed by atoms with Gasteiger partial charge in [-0.1, -0.05) is 0 Å². The Morgan fingerprint density at radius 2 is 1.95 bits per heavy atom. The van der Waals surface area contributed by atoms with Crippen LogP contribution in [0, 0.1) is 20.2 Å². The van der Waals surface area contributed by atoms with Crippen LogP contribution < -0.4 is 5.69 Å². The molecule has 9 heteroatoms. The second-order valence-electron chi connectivity index (χ2n) is 3.86. The first-order valence-electron chi connectivity index (χ1n) is 5.42. The molecule has 1 aromatic carbocycles. The van der Waals surface area contributed by atoms with Crippen molar-refractivity contribution in [2.45, 2.75) is 6.54 Å². The van der Waals surface area contributed by atoms with Gasteiger partial charge >= 0.3 is 5.69 Å². The molecule has 0 fully saturated rings. The molecular weight excluding hydrogens is 268 g/mol. The maximum Gasteiger partial charge on any atom is 0.347 e. The van der Waals surface area contributed by atoms with Crippen LogP contribution >= 0.6 is 0 Å². The topological polar surface area (TPSA) is 121 Å². The lowest BCUT2D eigenvalue weighted by atomic mass is 10.1. The third-order valence-corrected chi connectivity index (χ3v) is 2.60. The first kappa shape index (κ1) is 13.3. The first-order valence-corrected chi connectivity index (χ1v) is 5.42. The van der Waals surface area contributed by atoms with E-state index in [0.717, 1.165) is 12.1 Å². The Kier molecular flexibility index (Phi) is 3.51. The molecule has 0 aliphatic carbocycles. The van der Waals surface area contributed by atoms with Crippen LogP contribution in [0.5, 0.6) is 0 Å². The van der Waals surface area contributed by atoms with Crippen LogP contribution in [0.25, 0.3) is 0 Å². The number of hydrogen-bond donors (Lipinski definition) is 0. The summed E-state index contributed by atoms with van der Waals surface area (Å²) in [4.78, 5) is 35.1. The van der Waals surface area contributed by atoms with Crippen molar-refractivity contribution in [2.75, 3.05) is 0 Å². The summed E-state index contributed by atoms with van der Waals surface area (Å²) in [6, 6.07) is 4.80. The summed E-state index contributed by atoms with van der Waals surface area (Å²) in [6.07, 6.45) is 2.74. The number of non-ortho nitro benzene ring substituents is 1. The Balaban J connectivity index is 2.47. The van der Waals surface area contributed by atoms with Crippen molar-refractivity contribution in [3.8, 4) is 0 Å². The Bertz CT molecular complexity index is 740. The monoisotopic (exact) mass is 276 g/mol. The predicted octanol–water partition coefficient (Wildman–Crippen LogP) is 1.11. The van der Waals surface area contributed by atoms with Gasteiger partial charge in [0.25, 0.3) is 11.4 Å². The third kappa shape index (κ3) is 2.66. The maximum atomic E-state index is 11.5. The third-order valence-electron chi connectivity index (χ3n) is 2.60. The van der Waals surface area contributed by atoms with Crippen LogP contribution in [0.2, 0.25) is 0 Å². The van der Waals surface area contributed by atoms with E-state index in [1.165, 1.54) is 29.1 Å². The van der Waals surface area contributed by atoms with E-state index in [1.54, 1.807) is 0 Å². The molecule has 0 unspecified atom stereocenters. The molecule has 0 N–H and O–H groups in total. The molecule has 2 rings (SSSR count). The summed E-state index contributed by atoms with van der Waals surface area (Å²) in [5.41, 5.74) is -1.15. The number of hydrogen-bond acceptors (Lipinski definition) is 6. The Morgan fingerprint density at radius 1 is 1.20 bits per heavy atom. The summed E-state index contributed by atoms with van der Waals surface area (Å²) >= 11 is 0. The fourth-order valence-electron chi connectivity index (χ4n) is 1.66. The van der Waals surface area contributed by atoms with Gasteiger partial charge in [0, 0.05) is 18.5 Å². The van der Waals surface area contributed by atoms with Gasteiger partial charge in [0.05, 0.1) is 28.0 Å². The van der Waals surface area contributed by atoms with E-state index in [9.17, 15) is 25.0 Å². The summed E-state index contributed by atoms with van der Waals surface area (Å²) in [7, 11) is 0. The van der Waals surface area contributed by atoms with Crippen molar-refractivity contribution in [1.82, 2.24) is 9.55 Å². The molecule has 0 saturated heterocycles. The molecule has 0 aliphatic heterocycles. The lowest BCUT2D eigenvalue weighted by molar-refractivity contribution is -0.394. The number of benzene rings is 1. The van der Waals surface area contributed by atoms with E-state index < -0.39 is 21.2 Å². The lowest BCUT2D eigenvalue weighted by Gasteiger charge is -2.05. The smallest absolute Gasteiger partial charge is 0.294 e. The van der Waals surface area contributed by atoms with Gasteiger partial charge in [-0.15, -0.1) is 0 Å². The molecule has 1 heterocycles. The zero-order valence-electron chi connectivity index (χ0n) is 10.0. The van der Waals surface area contributed by atoms with Gasteiger partial charge < -0.3 is 0 Å². The minimum absolute atomic E-state index is 0.0824. The van der Waals surface area contributed by atoms with Gasteiger partial charge in [-0.2, -0.15) is 0 Å². The van der Waals surface area contributed by atoms with E-state index in [-0.39, 0.29) is 17.8 Å². The van der Waals surface area contributed by atoms with Crippen molar-refractivity contribution >= 4 is 11.4 Å². The molecule has 0 spiro atoms. The summed E-state index contributed by atoms with van der Waals surface area (Å²) in [5.74, 6) is 0. The molecule has 0 atom stereocenters. The number of nitro benzene ring substituents is 2. The van der Waals surface area contributed by atoms with Crippen LogP contribution in [-0.2, 0) is 6.54 Å². The normalized spacial score (nSPS) is 10.2. The Morgan fingerprint density at radius 3 is 2.55 bits per heavy atom. The molecule has 0 aliphatic rings. The molecule has 102 valence electrons. The quantitative estimate of drug-likeness (QED) is 0.609. The van der Waals surface area contributed by atoms with Gasteiger partial charge in [-0.25, -0.2) is 9.78 Å². The van der Waals surface area contributed by atoms with E-state index in [0.29, 0.717) is 0 Å². The SMILES string of the molecule is O=c1ncccn1Cc1ccc([N+](=O)[O-])cc1[N+](=O)[O-]. The van der Waals surface area contributed by atoms with Crippen molar-refractivity contribution in [3.63, 3.8) is 0 Å². The molecule has 0 radical (unpaired) electrons. The summed E-state index contributed by atoms with van der Waals surface area (Å²) < 4.78 is 1.17. The number of rotatable bonds is 4. The van der Waals surface area contributed by atoms with Crippen molar-refractivity contribution in [2.24, 2.45) is 0 Å². The van der Waals surface area contributed by atoms with Crippen LogP contribution in [-0.4, -0.2) is 19.4 Å². The highest BCUT2D eigenvalue weighted by atomic mass is 16.6. The largest absolute Gasteiger partial charge is 0.347 e. The molecule has 9 nitrogen and oxygen atoms in total. The molecule has 20 heavy (non-hydrogen) atoms. The van der Waals surface area contributed by atoms with Crippen molar-refractivity contribution in [3.05, 3.63) is 72.9 Å². The van der Waals surface area contributed by atoms with Gasteiger partial charge in [0.15, 0.2) is 0 Å². The molecule has 0 amide bonds. The predicted molar refractivity (Wildman–Crippen MR) is 67.3 cm³/mol. The van der Waals surface area contributed by atoms with Crippen LogP contribution in [0.4, 0.5) is 11.4 Å². The number of nitro groups is 2. The molecule has 1 aromatic heterocycles. The fraction of sp³-hybridized carbons (Fsp3) is 0.0909. The number of nitrogens with zero attached hydrogens (tertiary/aromatic N) is 4. The van der Waals surface area contributed by atoms with Gasteiger partial charge in [0.1, 0.15) is 0 Å².